The number of carbonyl (C=O) groups excluding carboxylic acids is 1. The summed E-state index contributed by atoms with van der Waals surface area (Å²) in [5, 5.41) is 11.8. The average Bonchev–Trinajstić information content (AvgIpc) is 3.16. The van der Waals surface area contributed by atoms with Gasteiger partial charge in [0, 0.05) is 16.2 Å². The second-order valence-corrected chi connectivity index (χ2v) is 5.69. The lowest BCUT2D eigenvalue weighted by Crippen LogP contribution is -2.36. The number of carboxylic acid groups (broad SMARTS) is 1. The summed E-state index contributed by atoms with van der Waals surface area (Å²) in [4.78, 5) is 25.0. The SMILES string of the molecule is CCN(C(=O)Nc1ccc(I)cc1C(=O)O)C1CC1. The van der Waals surface area contributed by atoms with Gasteiger partial charge in [-0.15, -0.1) is 0 Å². The van der Waals surface area contributed by atoms with Crippen LogP contribution in [0.25, 0.3) is 0 Å². The van der Waals surface area contributed by atoms with E-state index in [0.29, 0.717) is 18.3 Å². The van der Waals surface area contributed by atoms with Crippen molar-refractivity contribution in [2.75, 3.05) is 11.9 Å². The molecule has 0 heterocycles. The first-order valence-corrected chi connectivity index (χ1v) is 7.21. The Bertz CT molecular complexity index is 515. The van der Waals surface area contributed by atoms with Crippen LogP contribution in [0.3, 0.4) is 0 Å². The third kappa shape index (κ3) is 3.37. The number of anilines is 1. The Morgan fingerprint density at radius 1 is 1.47 bits per heavy atom. The van der Waals surface area contributed by atoms with Crippen molar-refractivity contribution in [3.63, 3.8) is 0 Å². The zero-order valence-electron chi connectivity index (χ0n) is 10.5. The minimum Gasteiger partial charge on any atom is -0.478 e. The van der Waals surface area contributed by atoms with Crippen molar-refractivity contribution in [1.82, 2.24) is 4.90 Å². The van der Waals surface area contributed by atoms with Gasteiger partial charge in [0.1, 0.15) is 0 Å². The molecule has 1 aromatic carbocycles. The van der Waals surface area contributed by atoms with E-state index >= 15 is 0 Å². The number of nitrogens with zero attached hydrogens (tertiary/aromatic N) is 1. The molecule has 0 aromatic heterocycles. The maximum Gasteiger partial charge on any atom is 0.337 e. The number of aromatic carboxylic acids is 1. The van der Waals surface area contributed by atoms with Crippen molar-refractivity contribution in [3.05, 3.63) is 27.3 Å². The standard InChI is InChI=1S/C13H15IN2O3/c1-2-16(9-4-5-9)13(19)15-11-6-3-8(14)7-10(11)12(17)18/h3,6-7,9H,2,4-5H2,1H3,(H,15,19)(H,17,18). The second-order valence-electron chi connectivity index (χ2n) is 4.44. The molecule has 0 spiro atoms. The number of rotatable bonds is 4. The van der Waals surface area contributed by atoms with Gasteiger partial charge in [0.05, 0.1) is 11.3 Å². The Labute approximate surface area is 125 Å². The van der Waals surface area contributed by atoms with Crippen LogP contribution in [-0.2, 0) is 0 Å². The predicted molar refractivity (Wildman–Crippen MR) is 80.5 cm³/mol. The van der Waals surface area contributed by atoms with Crippen molar-refractivity contribution in [1.29, 1.82) is 0 Å². The summed E-state index contributed by atoms with van der Waals surface area (Å²) >= 11 is 2.04. The molecule has 1 aromatic rings. The van der Waals surface area contributed by atoms with Crippen molar-refractivity contribution in [3.8, 4) is 0 Å². The summed E-state index contributed by atoms with van der Waals surface area (Å²) in [6.45, 7) is 2.55. The highest BCUT2D eigenvalue weighted by molar-refractivity contribution is 14.1. The molecule has 0 unspecified atom stereocenters. The number of benzene rings is 1. The summed E-state index contributed by atoms with van der Waals surface area (Å²) in [6.07, 6.45) is 2.06. The average molecular weight is 374 g/mol. The van der Waals surface area contributed by atoms with Crippen molar-refractivity contribution < 1.29 is 14.7 Å². The Hall–Kier alpha value is -1.31. The zero-order chi connectivity index (χ0) is 14.0. The molecule has 1 aliphatic carbocycles. The lowest BCUT2D eigenvalue weighted by molar-refractivity contribution is 0.0698. The van der Waals surface area contributed by atoms with Gasteiger partial charge in [-0.2, -0.15) is 0 Å². The van der Waals surface area contributed by atoms with E-state index in [-0.39, 0.29) is 11.6 Å². The molecule has 1 saturated carbocycles. The smallest absolute Gasteiger partial charge is 0.337 e. The van der Waals surface area contributed by atoms with E-state index in [2.05, 4.69) is 5.32 Å². The molecule has 1 aliphatic rings. The second kappa shape index (κ2) is 5.77. The van der Waals surface area contributed by atoms with Gasteiger partial charge in [-0.25, -0.2) is 9.59 Å². The molecule has 0 atom stereocenters. The van der Waals surface area contributed by atoms with Gasteiger partial charge in [-0.05, 0) is 60.6 Å². The summed E-state index contributed by atoms with van der Waals surface area (Å²) in [5.41, 5.74) is 0.462. The number of amides is 2. The largest absolute Gasteiger partial charge is 0.478 e. The number of nitrogens with one attached hydrogen (secondary N) is 1. The summed E-state index contributed by atoms with van der Waals surface area (Å²) in [7, 11) is 0. The quantitative estimate of drug-likeness (QED) is 0.797. The maximum atomic E-state index is 12.1. The number of hydrogen-bond acceptors (Lipinski definition) is 2. The van der Waals surface area contributed by atoms with Crippen molar-refractivity contribution in [2.45, 2.75) is 25.8 Å². The molecule has 0 bridgehead atoms. The summed E-state index contributed by atoms with van der Waals surface area (Å²) in [5.74, 6) is -1.04. The Morgan fingerprint density at radius 2 is 2.16 bits per heavy atom. The lowest BCUT2D eigenvalue weighted by Gasteiger charge is -2.21. The van der Waals surface area contributed by atoms with Crippen molar-refractivity contribution in [2.24, 2.45) is 0 Å². The molecule has 2 rings (SSSR count). The fourth-order valence-corrected chi connectivity index (χ4v) is 2.43. The van der Waals surface area contributed by atoms with Gasteiger partial charge in [0.25, 0.3) is 0 Å². The molecular weight excluding hydrogens is 359 g/mol. The summed E-state index contributed by atoms with van der Waals surface area (Å²) in [6, 6.07) is 5.03. The van der Waals surface area contributed by atoms with Crippen LogP contribution < -0.4 is 5.32 Å². The van der Waals surface area contributed by atoms with Crippen LogP contribution in [0.4, 0.5) is 10.5 Å². The molecule has 6 heteroatoms. The molecule has 19 heavy (non-hydrogen) atoms. The topological polar surface area (TPSA) is 69.6 Å². The van der Waals surface area contributed by atoms with E-state index in [0.717, 1.165) is 16.4 Å². The van der Waals surface area contributed by atoms with Gasteiger partial charge in [-0.1, -0.05) is 0 Å². The molecule has 2 amide bonds. The molecule has 0 saturated heterocycles. The lowest BCUT2D eigenvalue weighted by atomic mass is 10.2. The van der Waals surface area contributed by atoms with E-state index in [1.165, 1.54) is 0 Å². The molecule has 5 nitrogen and oxygen atoms in total. The Balaban J connectivity index is 2.18. The van der Waals surface area contributed by atoms with E-state index in [1.54, 1.807) is 23.1 Å². The van der Waals surface area contributed by atoms with Crippen LogP contribution in [0.1, 0.15) is 30.1 Å². The molecule has 0 radical (unpaired) electrons. The van der Waals surface area contributed by atoms with Crippen LogP contribution >= 0.6 is 22.6 Å². The Kier molecular flexibility index (Phi) is 4.28. The molecule has 102 valence electrons. The molecule has 1 fully saturated rings. The number of carboxylic acids is 1. The van der Waals surface area contributed by atoms with Crippen molar-refractivity contribution >= 4 is 40.3 Å². The van der Waals surface area contributed by atoms with Gasteiger partial charge in [0.2, 0.25) is 0 Å². The van der Waals surface area contributed by atoms with Gasteiger partial charge >= 0.3 is 12.0 Å². The first-order valence-electron chi connectivity index (χ1n) is 6.13. The summed E-state index contributed by atoms with van der Waals surface area (Å²) < 4.78 is 0.822. The van der Waals surface area contributed by atoms with E-state index in [9.17, 15) is 9.59 Å². The maximum absolute atomic E-state index is 12.1. The van der Waals surface area contributed by atoms with Gasteiger partial charge in [0.15, 0.2) is 0 Å². The third-order valence-corrected chi connectivity index (χ3v) is 3.71. The fourth-order valence-electron chi connectivity index (χ4n) is 1.94. The molecule has 0 aliphatic heterocycles. The molecule has 2 N–H and O–H groups in total. The zero-order valence-corrected chi connectivity index (χ0v) is 12.7. The third-order valence-electron chi connectivity index (χ3n) is 3.04. The van der Waals surface area contributed by atoms with Crippen LogP contribution in [0.5, 0.6) is 0 Å². The van der Waals surface area contributed by atoms with E-state index in [1.807, 2.05) is 29.5 Å². The number of halogens is 1. The number of carbonyl (C=O) groups is 2. The first-order chi connectivity index (χ1) is 9.02. The minimum absolute atomic E-state index is 0.118. The predicted octanol–water partition coefficient (Wildman–Crippen LogP) is 3.01. The van der Waals surface area contributed by atoms with Crippen LogP contribution in [0, 0.1) is 3.57 Å². The highest BCUT2D eigenvalue weighted by Gasteiger charge is 2.31. The molecular formula is C13H15IN2O3. The number of urea groups is 1. The van der Waals surface area contributed by atoms with Gasteiger partial charge in [-0.3, -0.25) is 0 Å². The highest BCUT2D eigenvalue weighted by atomic mass is 127. The van der Waals surface area contributed by atoms with Crippen LogP contribution in [0.15, 0.2) is 18.2 Å². The monoisotopic (exact) mass is 374 g/mol. The van der Waals surface area contributed by atoms with Gasteiger partial charge < -0.3 is 15.3 Å². The normalized spacial score (nSPS) is 14.0. The first kappa shape index (κ1) is 14.1. The van der Waals surface area contributed by atoms with E-state index in [4.69, 9.17) is 5.11 Å². The van der Waals surface area contributed by atoms with Crippen LogP contribution in [0.2, 0.25) is 0 Å². The van der Waals surface area contributed by atoms with E-state index < -0.39 is 5.97 Å². The highest BCUT2D eigenvalue weighted by Crippen LogP contribution is 2.27. The Morgan fingerprint density at radius 3 is 2.68 bits per heavy atom. The fraction of sp³-hybridized carbons (Fsp3) is 0.385. The number of hydrogen-bond donors (Lipinski definition) is 2. The minimum atomic E-state index is -1.04. The van der Waals surface area contributed by atoms with Crippen LogP contribution in [-0.4, -0.2) is 34.6 Å².